The molecule has 1 amide bonds. The summed E-state index contributed by atoms with van der Waals surface area (Å²) in [4.78, 5) is 23.7. The Hall–Kier alpha value is -3.30. The summed E-state index contributed by atoms with van der Waals surface area (Å²) in [6, 6.07) is 8.77. The van der Waals surface area contributed by atoms with E-state index in [1.54, 1.807) is 32.2 Å². The first-order chi connectivity index (χ1) is 16.7. The van der Waals surface area contributed by atoms with Gasteiger partial charge in [-0.05, 0) is 69.5 Å². The smallest absolute Gasteiger partial charge is 0.245 e. The van der Waals surface area contributed by atoms with Crippen LogP contribution in [-0.4, -0.2) is 54.7 Å². The average Bonchev–Trinajstić information content (AvgIpc) is 3.27. The lowest BCUT2D eigenvalue weighted by molar-refractivity contribution is -0.120. The van der Waals surface area contributed by atoms with Crippen LogP contribution in [-0.2, 0) is 4.79 Å². The number of ether oxygens (including phenoxy) is 1. The van der Waals surface area contributed by atoms with Crippen molar-refractivity contribution < 1.29 is 13.9 Å². The Kier molecular flexibility index (Phi) is 6.06. The molecule has 3 aromatic rings. The van der Waals surface area contributed by atoms with Gasteiger partial charge in [0, 0.05) is 42.0 Å². The Balaban J connectivity index is 1.53. The number of hydrogen-bond donors (Lipinski definition) is 3. The molecule has 0 spiro atoms. The normalized spacial score (nSPS) is 20.1. The van der Waals surface area contributed by atoms with Crippen LogP contribution in [0, 0.1) is 17.7 Å². The second-order valence-electron chi connectivity index (χ2n) is 10.1. The molecule has 184 valence electrons. The average molecular weight is 479 g/mol. The van der Waals surface area contributed by atoms with Gasteiger partial charge in [-0.25, -0.2) is 14.4 Å². The Morgan fingerprint density at radius 2 is 2.06 bits per heavy atom. The minimum atomic E-state index is -1.01. The Morgan fingerprint density at radius 1 is 1.26 bits per heavy atom. The Labute approximate surface area is 204 Å². The van der Waals surface area contributed by atoms with E-state index in [2.05, 4.69) is 20.5 Å². The lowest BCUT2D eigenvalue weighted by Gasteiger charge is -2.23. The molecule has 35 heavy (non-hydrogen) atoms. The van der Waals surface area contributed by atoms with Crippen LogP contribution >= 0.6 is 0 Å². The molecule has 9 heteroatoms. The molecule has 0 radical (unpaired) electrons. The molecular weight excluding hydrogens is 447 g/mol. The zero-order chi connectivity index (χ0) is 24.7. The number of nitrogens with one attached hydrogen (secondary N) is 2. The van der Waals surface area contributed by atoms with Gasteiger partial charge in [0.2, 0.25) is 5.91 Å². The number of hydrogen-bond acceptors (Lipinski definition) is 7. The van der Waals surface area contributed by atoms with Crippen molar-refractivity contribution >= 4 is 28.3 Å². The summed E-state index contributed by atoms with van der Waals surface area (Å²) in [6.45, 7) is 7.19. The minimum Gasteiger partial charge on any atom is -0.494 e. The predicted octanol–water partition coefficient (Wildman–Crippen LogP) is 3.17. The van der Waals surface area contributed by atoms with Gasteiger partial charge in [0.25, 0.3) is 0 Å². The first-order valence-electron chi connectivity index (χ1n) is 11.9. The number of carbonyl (C=O) groups excluding carboxylic acids is 1. The number of anilines is 2. The molecule has 2 aromatic heterocycles. The number of piperidine rings is 1. The fourth-order valence-electron chi connectivity index (χ4n) is 4.94. The van der Waals surface area contributed by atoms with Crippen LogP contribution in [0.4, 0.5) is 15.9 Å². The summed E-state index contributed by atoms with van der Waals surface area (Å²) in [5.41, 5.74) is 7.98. The highest BCUT2D eigenvalue weighted by Gasteiger charge is 2.35. The van der Waals surface area contributed by atoms with Gasteiger partial charge >= 0.3 is 0 Å². The Bertz CT molecular complexity index is 1240. The molecule has 4 heterocycles. The van der Waals surface area contributed by atoms with E-state index >= 15 is 0 Å². The number of halogens is 1. The summed E-state index contributed by atoms with van der Waals surface area (Å²) in [5, 5.41) is 6.99. The molecule has 0 bridgehead atoms. The van der Waals surface area contributed by atoms with Crippen molar-refractivity contribution in [1.29, 1.82) is 0 Å². The number of fused-ring (bicyclic) bond motifs is 2. The molecule has 8 nitrogen and oxygen atoms in total. The van der Waals surface area contributed by atoms with E-state index in [1.165, 1.54) is 13.2 Å². The SMILES string of the molecule is COc1cc2nc(-c3ccc(NC(=O)C(C)(C)N)nc3)cc(N3CC4CCNCC4C3)c2cc1F. The number of pyridine rings is 2. The number of nitrogens with two attached hydrogens (primary N) is 1. The second kappa shape index (κ2) is 9.05. The molecule has 2 unspecified atom stereocenters. The van der Waals surface area contributed by atoms with Crippen molar-refractivity contribution in [2.24, 2.45) is 17.6 Å². The third kappa shape index (κ3) is 4.66. The Morgan fingerprint density at radius 3 is 2.74 bits per heavy atom. The fraction of sp³-hybridized carbons (Fsp3) is 0.423. The quantitative estimate of drug-likeness (QED) is 0.517. The molecule has 0 aliphatic carbocycles. The van der Waals surface area contributed by atoms with Gasteiger partial charge < -0.3 is 26.0 Å². The van der Waals surface area contributed by atoms with E-state index in [9.17, 15) is 9.18 Å². The summed E-state index contributed by atoms with van der Waals surface area (Å²) in [7, 11) is 1.45. The van der Waals surface area contributed by atoms with E-state index in [0.29, 0.717) is 23.2 Å². The van der Waals surface area contributed by atoms with Gasteiger partial charge in [0.05, 0.1) is 23.9 Å². The molecule has 0 saturated carbocycles. The molecule has 2 saturated heterocycles. The molecule has 1 aromatic carbocycles. The van der Waals surface area contributed by atoms with Gasteiger partial charge in [0.1, 0.15) is 5.82 Å². The van der Waals surface area contributed by atoms with Gasteiger partial charge in [0.15, 0.2) is 11.6 Å². The number of rotatable bonds is 5. The summed E-state index contributed by atoms with van der Waals surface area (Å²) in [6.07, 6.45) is 2.82. The maximum atomic E-state index is 14.7. The van der Waals surface area contributed by atoms with Crippen LogP contribution in [0.5, 0.6) is 5.75 Å². The summed E-state index contributed by atoms with van der Waals surface area (Å²) >= 11 is 0. The molecule has 2 aliphatic rings. The zero-order valence-corrected chi connectivity index (χ0v) is 20.3. The standard InChI is InChI=1S/C26H31FN6O2/c1-26(2,28)25(34)32-24-5-4-15(12-30-24)20-9-22(33-13-16-6-7-29-11-17(16)14-33)18-8-19(27)23(35-3)10-21(18)31-20/h4-5,8-10,12,16-17,29H,6-7,11,13-14,28H2,1-3H3,(H,30,32,34). The largest absolute Gasteiger partial charge is 0.494 e. The lowest BCUT2D eigenvalue weighted by Crippen LogP contribution is -2.45. The molecular formula is C26H31FN6O2. The predicted molar refractivity (Wildman–Crippen MR) is 135 cm³/mol. The number of aromatic nitrogens is 2. The van der Waals surface area contributed by atoms with Crippen molar-refractivity contribution in [3.63, 3.8) is 0 Å². The zero-order valence-electron chi connectivity index (χ0n) is 20.3. The van der Waals surface area contributed by atoms with Crippen LogP contribution in [0.15, 0.2) is 36.5 Å². The van der Waals surface area contributed by atoms with Gasteiger partial charge in [-0.15, -0.1) is 0 Å². The number of amides is 1. The first-order valence-corrected chi connectivity index (χ1v) is 11.9. The van der Waals surface area contributed by atoms with Crippen molar-refractivity contribution in [1.82, 2.24) is 15.3 Å². The molecule has 5 rings (SSSR count). The van der Waals surface area contributed by atoms with Crippen molar-refractivity contribution in [2.45, 2.75) is 25.8 Å². The number of carbonyl (C=O) groups is 1. The van der Waals surface area contributed by atoms with E-state index in [4.69, 9.17) is 15.5 Å². The maximum Gasteiger partial charge on any atom is 0.245 e. The number of benzene rings is 1. The lowest BCUT2D eigenvalue weighted by atomic mass is 9.90. The van der Waals surface area contributed by atoms with E-state index in [1.807, 2.05) is 12.1 Å². The topological polar surface area (TPSA) is 105 Å². The summed E-state index contributed by atoms with van der Waals surface area (Å²) in [5.74, 6) is 1.06. The van der Waals surface area contributed by atoms with E-state index in [-0.39, 0.29) is 11.7 Å². The minimum absolute atomic E-state index is 0.160. The third-order valence-corrected chi connectivity index (χ3v) is 6.96. The van der Waals surface area contributed by atoms with Crippen LogP contribution in [0.25, 0.3) is 22.2 Å². The molecule has 4 N–H and O–H groups in total. The van der Waals surface area contributed by atoms with Crippen LogP contribution in [0.1, 0.15) is 20.3 Å². The third-order valence-electron chi connectivity index (χ3n) is 6.96. The first kappa shape index (κ1) is 23.4. The van der Waals surface area contributed by atoms with Crippen LogP contribution in [0.2, 0.25) is 0 Å². The van der Waals surface area contributed by atoms with Gasteiger partial charge in [-0.1, -0.05) is 0 Å². The second-order valence-corrected chi connectivity index (χ2v) is 10.1. The van der Waals surface area contributed by atoms with Gasteiger partial charge in [-0.3, -0.25) is 4.79 Å². The van der Waals surface area contributed by atoms with Crippen molar-refractivity contribution in [3.8, 4) is 17.0 Å². The van der Waals surface area contributed by atoms with Crippen LogP contribution in [0.3, 0.4) is 0 Å². The highest BCUT2D eigenvalue weighted by molar-refractivity contribution is 5.97. The number of nitrogens with zero attached hydrogens (tertiary/aromatic N) is 3. The highest BCUT2D eigenvalue weighted by atomic mass is 19.1. The summed E-state index contributed by atoms with van der Waals surface area (Å²) < 4.78 is 19.9. The van der Waals surface area contributed by atoms with E-state index in [0.717, 1.165) is 54.9 Å². The van der Waals surface area contributed by atoms with Crippen molar-refractivity contribution in [3.05, 3.63) is 42.3 Å². The molecule has 2 fully saturated rings. The maximum absolute atomic E-state index is 14.7. The van der Waals surface area contributed by atoms with Crippen LogP contribution < -0.4 is 26.0 Å². The fourth-order valence-corrected chi connectivity index (χ4v) is 4.94. The van der Waals surface area contributed by atoms with Gasteiger partial charge in [-0.2, -0.15) is 0 Å². The van der Waals surface area contributed by atoms with E-state index < -0.39 is 11.4 Å². The number of methoxy groups -OCH3 is 1. The highest BCUT2D eigenvalue weighted by Crippen LogP contribution is 2.38. The molecule has 2 aliphatic heterocycles. The molecule has 2 atom stereocenters. The monoisotopic (exact) mass is 478 g/mol. The van der Waals surface area contributed by atoms with Crippen molar-refractivity contribution in [2.75, 3.05) is 43.5 Å².